The van der Waals surface area contributed by atoms with E-state index in [1.165, 1.54) is 79.3 Å². The zero-order valence-electron chi connectivity index (χ0n) is 22.7. The van der Waals surface area contributed by atoms with Gasteiger partial charge in [-0.3, -0.25) is 0 Å². The van der Waals surface area contributed by atoms with Gasteiger partial charge in [0.25, 0.3) is 0 Å². The molecule has 182 valence electrons. The largest absolute Gasteiger partial charge is 0.140 e. The first-order valence-electron chi connectivity index (χ1n) is 13.4. The molecule has 0 unspecified atom stereocenters. The SMILES string of the molecule is CCCCCCc1cc2c(c3c(C)cc4c(c13)-c1sc(C)cc1C4(C)C)-c1sc(C)cc1C2(C)C. The Morgan fingerprint density at radius 2 is 1.17 bits per heavy atom. The maximum absolute atomic E-state index is 2.64. The molecule has 0 saturated carbocycles. The second kappa shape index (κ2) is 7.80. The number of unbranched alkanes of at least 4 members (excludes halogenated alkanes) is 3. The van der Waals surface area contributed by atoms with Gasteiger partial charge in [0, 0.05) is 41.5 Å². The van der Waals surface area contributed by atoms with Crippen LogP contribution in [-0.4, -0.2) is 0 Å². The van der Waals surface area contributed by atoms with Gasteiger partial charge in [-0.2, -0.15) is 0 Å². The molecule has 4 aromatic rings. The number of fused-ring (bicyclic) bond motifs is 9. The van der Waals surface area contributed by atoms with Crippen LogP contribution in [0.1, 0.15) is 103 Å². The number of benzene rings is 2. The zero-order valence-corrected chi connectivity index (χ0v) is 24.3. The molecule has 2 heterocycles. The van der Waals surface area contributed by atoms with Crippen molar-refractivity contribution in [2.24, 2.45) is 0 Å². The molecule has 0 bridgehead atoms. The van der Waals surface area contributed by atoms with Gasteiger partial charge in [0.15, 0.2) is 0 Å². The summed E-state index contributed by atoms with van der Waals surface area (Å²) in [5, 5.41) is 3.11. The normalized spacial score (nSPS) is 16.5. The first kappa shape index (κ1) is 23.5. The van der Waals surface area contributed by atoms with Crippen molar-refractivity contribution >= 4 is 33.4 Å². The van der Waals surface area contributed by atoms with Crippen LogP contribution in [0.5, 0.6) is 0 Å². The molecule has 2 aromatic heterocycles. The van der Waals surface area contributed by atoms with Gasteiger partial charge in [0.05, 0.1) is 0 Å². The van der Waals surface area contributed by atoms with Crippen molar-refractivity contribution in [2.75, 3.05) is 0 Å². The monoisotopic (exact) mass is 498 g/mol. The summed E-state index contributed by atoms with van der Waals surface area (Å²) in [5.74, 6) is 0. The third-order valence-electron chi connectivity index (χ3n) is 8.84. The number of hydrogen-bond acceptors (Lipinski definition) is 2. The predicted molar refractivity (Wildman–Crippen MR) is 157 cm³/mol. The minimum atomic E-state index is 0.0663. The lowest BCUT2D eigenvalue weighted by Crippen LogP contribution is -2.16. The Bertz CT molecular complexity index is 1500. The van der Waals surface area contributed by atoms with Gasteiger partial charge in [-0.05, 0) is 89.9 Å². The predicted octanol–water partition coefficient (Wildman–Crippen LogP) is 10.6. The van der Waals surface area contributed by atoms with E-state index >= 15 is 0 Å². The van der Waals surface area contributed by atoms with Gasteiger partial charge in [0.2, 0.25) is 0 Å². The third-order valence-corrected chi connectivity index (χ3v) is 11.0. The molecule has 35 heavy (non-hydrogen) atoms. The van der Waals surface area contributed by atoms with E-state index in [1.807, 2.05) is 22.7 Å². The highest BCUT2D eigenvalue weighted by atomic mass is 32.1. The highest BCUT2D eigenvalue weighted by Crippen LogP contribution is 2.60. The van der Waals surface area contributed by atoms with Crippen LogP contribution in [-0.2, 0) is 17.3 Å². The van der Waals surface area contributed by atoms with E-state index < -0.39 is 0 Å². The van der Waals surface area contributed by atoms with Crippen LogP contribution in [0.25, 0.3) is 31.7 Å². The zero-order chi connectivity index (χ0) is 24.9. The molecule has 2 aliphatic carbocycles. The minimum Gasteiger partial charge on any atom is -0.140 e. The maximum Gasteiger partial charge on any atom is 0.0395 e. The average Bonchev–Trinajstić information content (AvgIpc) is 3.47. The van der Waals surface area contributed by atoms with E-state index in [-0.39, 0.29) is 10.8 Å². The standard InChI is InChI=1S/C33H38S2/c1-9-10-11-12-13-21-17-23-28(30-24(33(23,7)8)15-19(3)34-30)26-18(2)14-22-29(27(21)26)31-25(32(22,5)6)16-20(4)35-31/h14-17H,9-13H2,1-8H3. The van der Waals surface area contributed by atoms with E-state index in [4.69, 9.17) is 0 Å². The van der Waals surface area contributed by atoms with E-state index in [0.717, 1.165) is 0 Å². The molecule has 0 saturated heterocycles. The fourth-order valence-corrected chi connectivity index (χ4v) is 9.40. The first-order chi connectivity index (χ1) is 16.6. The molecule has 2 heteroatoms. The lowest BCUT2D eigenvalue weighted by Gasteiger charge is -2.26. The second-order valence-electron chi connectivity index (χ2n) is 12.1. The summed E-state index contributed by atoms with van der Waals surface area (Å²) in [6.07, 6.45) is 6.42. The molecule has 0 amide bonds. The lowest BCUT2D eigenvalue weighted by molar-refractivity contribution is 0.653. The van der Waals surface area contributed by atoms with E-state index in [1.54, 1.807) is 27.6 Å². The van der Waals surface area contributed by atoms with E-state index in [0.29, 0.717) is 0 Å². The first-order valence-corrected chi connectivity index (χ1v) is 15.1. The third kappa shape index (κ3) is 3.15. The summed E-state index contributed by atoms with van der Waals surface area (Å²) < 4.78 is 0. The van der Waals surface area contributed by atoms with Gasteiger partial charge in [-0.25, -0.2) is 0 Å². The average molecular weight is 499 g/mol. The van der Waals surface area contributed by atoms with Crippen molar-refractivity contribution in [3.05, 3.63) is 67.4 Å². The molecule has 0 aliphatic heterocycles. The summed E-state index contributed by atoms with van der Waals surface area (Å²) in [6.45, 7) is 19.0. The molecule has 0 N–H and O–H groups in total. The summed E-state index contributed by atoms with van der Waals surface area (Å²) in [4.78, 5) is 5.92. The summed E-state index contributed by atoms with van der Waals surface area (Å²) in [7, 11) is 0. The van der Waals surface area contributed by atoms with Crippen LogP contribution < -0.4 is 0 Å². The molecule has 0 fully saturated rings. The van der Waals surface area contributed by atoms with Crippen molar-refractivity contribution in [3.8, 4) is 20.9 Å². The molecule has 0 atom stereocenters. The molecular formula is C33H38S2. The number of rotatable bonds is 5. The van der Waals surface area contributed by atoms with Crippen LogP contribution >= 0.6 is 22.7 Å². The van der Waals surface area contributed by atoms with Crippen molar-refractivity contribution in [1.29, 1.82) is 0 Å². The highest BCUT2D eigenvalue weighted by molar-refractivity contribution is 7.16. The van der Waals surface area contributed by atoms with Crippen LogP contribution in [0, 0.1) is 20.8 Å². The number of thiophene rings is 2. The minimum absolute atomic E-state index is 0.0663. The Morgan fingerprint density at radius 1 is 0.629 bits per heavy atom. The molecule has 0 radical (unpaired) electrons. The van der Waals surface area contributed by atoms with Gasteiger partial charge in [-0.15, -0.1) is 22.7 Å². The Hall–Kier alpha value is -1.90. The molecular weight excluding hydrogens is 460 g/mol. The van der Waals surface area contributed by atoms with E-state index in [9.17, 15) is 0 Å². The van der Waals surface area contributed by atoms with Crippen LogP contribution in [0.3, 0.4) is 0 Å². The fraction of sp³-hybridized carbons (Fsp3) is 0.455. The Morgan fingerprint density at radius 3 is 1.74 bits per heavy atom. The quantitative estimate of drug-likeness (QED) is 0.240. The van der Waals surface area contributed by atoms with Gasteiger partial charge >= 0.3 is 0 Å². The molecule has 2 aromatic carbocycles. The van der Waals surface area contributed by atoms with Gasteiger partial charge in [0.1, 0.15) is 0 Å². The Labute approximate surface area is 219 Å². The highest BCUT2D eigenvalue weighted by Gasteiger charge is 2.43. The second-order valence-corrected chi connectivity index (χ2v) is 14.6. The molecule has 6 rings (SSSR count). The van der Waals surface area contributed by atoms with Crippen LogP contribution in [0.4, 0.5) is 0 Å². The number of aryl methyl sites for hydroxylation is 4. The molecule has 0 spiro atoms. The van der Waals surface area contributed by atoms with Crippen molar-refractivity contribution in [1.82, 2.24) is 0 Å². The maximum atomic E-state index is 2.64. The summed E-state index contributed by atoms with van der Waals surface area (Å²) in [6, 6.07) is 10.1. The van der Waals surface area contributed by atoms with Crippen molar-refractivity contribution in [2.45, 2.75) is 98.3 Å². The van der Waals surface area contributed by atoms with Crippen LogP contribution in [0.15, 0.2) is 24.3 Å². The number of hydrogen-bond donors (Lipinski definition) is 0. The fourth-order valence-electron chi connectivity index (χ4n) is 6.93. The summed E-state index contributed by atoms with van der Waals surface area (Å²) in [5.41, 5.74) is 12.4. The van der Waals surface area contributed by atoms with Crippen molar-refractivity contribution < 1.29 is 0 Å². The van der Waals surface area contributed by atoms with Crippen LogP contribution in [0.2, 0.25) is 0 Å². The van der Waals surface area contributed by atoms with Crippen molar-refractivity contribution in [3.63, 3.8) is 0 Å². The molecule has 0 nitrogen and oxygen atoms in total. The Balaban J connectivity index is 1.74. The molecule has 2 aliphatic rings. The topological polar surface area (TPSA) is 0 Å². The van der Waals surface area contributed by atoms with E-state index in [2.05, 4.69) is 79.7 Å². The Kier molecular flexibility index (Phi) is 5.23. The summed E-state index contributed by atoms with van der Waals surface area (Å²) >= 11 is 4.01. The van der Waals surface area contributed by atoms with Gasteiger partial charge in [-0.1, -0.05) is 66.0 Å². The van der Waals surface area contributed by atoms with Gasteiger partial charge < -0.3 is 0 Å². The smallest absolute Gasteiger partial charge is 0.0395 e. The lowest BCUT2D eigenvalue weighted by atomic mass is 9.77.